The second-order valence-electron chi connectivity index (χ2n) is 10.7. The molecule has 1 amide bonds. The summed E-state index contributed by atoms with van der Waals surface area (Å²) in [5, 5.41) is 3.44. The highest BCUT2D eigenvalue weighted by Crippen LogP contribution is 2.34. The molecule has 0 aliphatic heterocycles. The van der Waals surface area contributed by atoms with Crippen molar-refractivity contribution in [1.82, 2.24) is 14.2 Å². The summed E-state index contributed by atoms with van der Waals surface area (Å²) >= 11 is 0. The monoisotopic (exact) mass is 617 g/mol. The number of para-hydroxylation sites is 1. The van der Waals surface area contributed by atoms with Crippen LogP contribution in [0.3, 0.4) is 0 Å². The SMILES string of the molecule is CCN(CC)S(=O)(=O)c1cccc(C(=O)NC(C(=O)OCC(=O)c2c(-c3ccccc3)n(CC)c3ccccc23)C(C)C)c1. The molecule has 1 aromatic heterocycles. The molecule has 232 valence electrons. The van der Waals surface area contributed by atoms with Crippen LogP contribution in [0, 0.1) is 5.92 Å². The molecule has 44 heavy (non-hydrogen) atoms. The fourth-order valence-corrected chi connectivity index (χ4v) is 6.85. The number of carbonyl (C=O) groups excluding carboxylic acids is 3. The van der Waals surface area contributed by atoms with Gasteiger partial charge in [0, 0.05) is 36.1 Å². The Balaban J connectivity index is 1.55. The van der Waals surface area contributed by atoms with Crippen LogP contribution < -0.4 is 5.32 Å². The van der Waals surface area contributed by atoms with Crippen molar-refractivity contribution in [3.8, 4) is 11.3 Å². The van der Waals surface area contributed by atoms with Crippen molar-refractivity contribution in [2.45, 2.75) is 52.1 Å². The molecule has 1 atom stereocenters. The molecule has 4 rings (SSSR count). The Kier molecular flexibility index (Phi) is 10.4. The molecule has 4 aromatic rings. The van der Waals surface area contributed by atoms with Crippen molar-refractivity contribution in [1.29, 1.82) is 0 Å². The predicted molar refractivity (Wildman–Crippen MR) is 171 cm³/mol. The van der Waals surface area contributed by atoms with Gasteiger partial charge in [0.25, 0.3) is 5.91 Å². The summed E-state index contributed by atoms with van der Waals surface area (Å²) < 4.78 is 34.9. The number of fused-ring (bicyclic) bond motifs is 1. The van der Waals surface area contributed by atoms with Crippen LogP contribution >= 0.6 is 0 Å². The first kappa shape index (κ1) is 32.6. The molecule has 1 unspecified atom stereocenters. The van der Waals surface area contributed by atoms with E-state index >= 15 is 0 Å². The van der Waals surface area contributed by atoms with Gasteiger partial charge < -0.3 is 14.6 Å². The number of nitrogens with one attached hydrogen (secondary N) is 1. The number of nitrogens with zero attached hydrogens (tertiary/aromatic N) is 2. The van der Waals surface area contributed by atoms with Crippen molar-refractivity contribution in [2.24, 2.45) is 5.92 Å². The van der Waals surface area contributed by atoms with Gasteiger partial charge in [0.2, 0.25) is 15.8 Å². The van der Waals surface area contributed by atoms with Crippen LogP contribution in [-0.2, 0) is 26.1 Å². The summed E-state index contributed by atoms with van der Waals surface area (Å²) in [6.45, 7) is 9.70. The minimum atomic E-state index is -3.78. The van der Waals surface area contributed by atoms with Gasteiger partial charge in [-0.1, -0.05) is 82.3 Å². The summed E-state index contributed by atoms with van der Waals surface area (Å²) in [7, 11) is -3.78. The van der Waals surface area contributed by atoms with Crippen molar-refractivity contribution in [3.05, 3.63) is 90.0 Å². The zero-order valence-electron chi connectivity index (χ0n) is 25.7. The second kappa shape index (κ2) is 14.0. The molecule has 0 fully saturated rings. The average molecular weight is 618 g/mol. The molecule has 10 heteroatoms. The molecule has 0 saturated carbocycles. The van der Waals surface area contributed by atoms with E-state index in [4.69, 9.17) is 4.74 Å². The minimum absolute atomic E-state index is 0.0106. The maximum atomic E-state index is 13.7. The van der Waals surface area contributed by atoms with E-state index in [1.165, 1.54) is 28.6 Å². The quantitative estimate of drug-likeness (QED) is 0.156. The van der Waals surface area contributed by atoms with Crippen molar-refractivity contribution < 1.29 is 27.5 Å². The second-order valence-corrected chi connectivity index (χ2v) is 12.6. The van der Waals surface area contributed by atoms with Gasteiger partial charge in [-0.05, 0) is 42.7 Å². The number of Topliss-reactive ketones (excluding diaryl/α,β-unsaturated/α-hetero) is 1. The first-order valence-electron chi connectivity index (χ1n) is 14.8. The highest BCUT2D eigenvalue weighted by atomic mass is 32.2. The van der Waals surface area contributed by atoms with Crippen molar-refractivity contribution >= 4 is 38.6 Å². The summed E-state index contributed by atoms with van der Waals surface area (Å²) in [5.74, 6) is -2.11. The van der Waals surface area contributed by atoms with Gasteiger partial charge in [-0.3, -0.25) is 9.59 Å². The molecule has 9 nitrogen and oxygen atoms in total. The number of aryl methyl sites for hydroxylation is 1. The first-order valence-corrected chi connectivity index (χ1v) is 16.3. The van der Waals surface area contributed by atoms with Gasteiger partial charge in [-0.25, -0.2) is 13.2 Å². The fourth-order valence-electron chi connectivity index (χ4n) is 5.34. The molecule has 0 saturated heterocycles. The number of amides is 1. The third-order valence-corrected chi connectivity index (χ3v) is 9.65. The third-order valence-electron chi connectivity index (χ3n) is 7.61. The Labute approximate surface area is 258 Å². The Bertz CT molecular complexity index is 1760. The maximum Gasteiger partial charge on any atom is 0.329 e. The summed E-state index contributed by atoms with van der Waals surface area (Å²) in [4.78, 5) is 40.2. The lowest BCUT2D eigenvalue weighted by atomic mass is 10.0. The summed E-state index contributed by atoms with van der Waals surface area (Å²) in [6, 6.07) is 21.9. The van der Waals surface area contributed by atoms with Gasteiger partial charge in [0.1, 0.15) is 6.04 Å². The average Bonchev–Trinajstić information content (AvgIpc) is 3.37. The molecule has 1 heterocycles. The molecule has 0 aliphatic carbocycles. The van der Waals surface area contributed by atoms with Gasteiger partial charge in [-0.2, -0.15) is 4.31 Å². The van der Waals surface area contributed by atoms with Gasteiger partial charge in [0.05, 0.1) is 16.2 Å². The molecule has 0 spiro atoms. The van der Waals surface area contributed by atoms with E-state index in [-0.39, 0.29) is 22.2 Å². The van der Waals surface area contributed by atoms with Crippen LogP contribution in [0.4, 0.5) is 0 Å². The normalized spacial score (nSPS) is 12.4. The highest BCUT2D eigenvalue weighted by Gasteiger charge is 2.30. The Hall–Kier alpha value is -4.28. The van der Waals surface area contributed by atoms with E-state index in [0.717, 1.165) is 22.2 Å². The van der Waals surface area contributed by atoms with E-state index in [2.05, 4.69) is 9.88 Å². The van der Waals surface area contributed by atoms with Gasteiger partial charge >= 0.3 is 5.97 Å². The zero-order valence-corrected chi connectivity index (χ0v) is 26.6. The maximum absolute atomic E-state index is 13.7. The number of esters is 1. The minimum Gasteiger partial charge on any atom is -0.456 e. The van der Waals surface area contributed by atoms with Crippen molar-refractivity contribution in [2.75, 3.05) is 19.7 Å². The Morgan fingerprint density at radius 1 is 0.886 bits per heavy atom. The number of hydrogen-bond acceptors (Lipinski definition) is 6. The predicted octanol–water partition coefficient (Wildman–Crippen LogP) is 5.54. The van der Waals surface area contributed by atoms with Crippen molar-refractivity contribution in [3.63, 3.8) is 0 Å². The number of rotatable bonds is 13. The topological polar surface area (TPSA) is 115 Å². The van der Waals surface area contributed by atoms with E-state index in [1.54, 1.807) is 27.7 Å². The van der Waals surface area contributed by atoms with Gasteiger partial charge in [0.15, 0.2) is 6.61 Å². The van der Waals surface area contributed by atoms with E-state index in [9.17, 15) is 22.8 Å². The lowest BCUT2D eigenvalue weighted by molar-refractivity contribution is -0.145. The molecule has 0 radical (unpaired) electrons. The number of hydrogen-bond donors (Lipinski definition) is 1. The molecule has 0 aliphatic rings. The molecular formula is C34H39N3O6S. The van der Waals surface area contributed by atoms with E-state index in [0.29, 0.717) is 25.2 Å². The van der Waals surface area contributed by atoms with Crippen LogP contribution in [0.15, 0.2) is 83.8 Å². The third kappa shape index (κ3) is 6.61. The number of benzene rings is 3. The molecule has 3 aromatic carbocycles. The van der Waals surface area contributed by atoms with Crippen LogP contribution in [0.25, 0.3) is 22.2 Å². The van der Waals surface area contributed by atoms with Crippen LogP contribution in [-0.4, -0.2) is 60.7 Å². The van der Waals surface area contributed by atoms with Gasteiger partial charge in [-0.15, -0.1) is 0 Å². The van der Waals surface area contributed by atoms with Crippen LogP contribution in [0.5, 0.6) is 0 Å². The standard InChI is InChI=1S/C34H39N3O6S/c1-6-36(7-2)44(41,42)26-18-14-17-25(21-26)33(39)35-31(23(4)5)34(40)43-22-29(38)30-27-19-12-13-20-28(27)37(8-3)32(30)24-15-10-9-11-16-24/h9-21,23,31H,6-8,22H2,1-5H3,(H,35,39). The smallest absolute Gasteiger partial charge is 0.329 e. The Morgan fingerprint density at radius 3 is 2.18 bits per heavy atom. The molecule has 0 bridgehead atoms. The molecular weight excluding hydrogens is 578 g/mol. The van der Waals surface area contributed by atoms with Crippen LogP contribution in [0.1, 0.15) is 55.3 Å². The highest BCUT2D eigenvalue weighted by molar-refractivity contribution is 7.89. The lowest BCUT2D eigenvalue weighted by Gasteiger charge is -2.21. The Morgan fingerprint density at radius 2 is 1.55 bits per heavy atom. The largest absolute Gasteiger partial charge is 0.456 e. The summed E-state index contributed by atoms with van der Waals surface area (Å²) in [5.41, 5.74) is 3.09. The van der Waals surface area contributed by atoms with E-state index < -0.39 is 34.5 Å². The molecule has 1 N–H and O–H groups in total. The zero-order chi connectivity index (χ0) is 32.0. The van der Waals surface area contributed by atoms with E-state index in [1.807, 2.05) is 61.5 Å². The number of ketones is 1. The number of carbonyl (C=O) groups is 3. The lowest BCUT2D eigenvalue weighted by Crippen LogP contribution is -2.45. The summed E-state index contributed by atoms with van der Waals surface area (Å²) in [6.07, 6.45) is 0. The first-order chi connectivity index (χ1) is 21.0. The fraction of sp³-hybridized carbons (Fsp3) is 0.324. The number of sulfonamides is 1. The number of ether oxygens (including phenoxy) is 1. The number of aromatic nitrogens is 1. The van der Waals surface area contributed by atoms with Crippen LogP contribution in [0.2, 0.25) is 0 Å².